The van der Waals surface area contributed by atoms with E-state index >= 15 is 0 Å². The Hall–Kier alpha value is -3.54. The minimum Gasteiger partial charge on any atom is -0.495 e. The van der Waals surface area contributed by atoms with Crippen LogP contribution in [0.4, 0.5) is 23.1 Å². The van der Waals surface area contributed by atoms with Crippen molar-refractivity contribution < 1.29 is 9.47 Å². The van der Waals surface area contributed by atoms with E-state index in [9.17, 15) is 5.26 Å². The number of methoxy groups -OCH3 is 1. The van der Waals surface area contributed by atoms with Crippen molar-refractivity contribution in [2.45, 2.75) is 19.8 Å². The van der Waals surface area contributed by atoms with Gasteiger partial charge in [-0.05, 0) is 56.6 Å². The molecule has 2 heterocycles. The Balaban J connectivity index is 1.47. The number of nitrogens with one attached hydrogen (secondary N) is 2. The van der Waals surface area contributed by atoms with Gasteiger partial charge in [0, 0.05) is 30.1 Å². The first-order valence-corrected chi connectivity index (χ1v) is 11.5. The predicted molar refractivity (Wildman–Crippen MR) is 134 cm³/mol. The van der Waals surface area contributed by atoms with Crippen LogP contribution in [0.5, 0.6) is 11.5 Å². The van der Waals surface area contributed by atoms with Crippen LogP contribution in [-0.2, 0) is 0 Å². The second-order valence-corrected chi connectivity index (χ2v) is 8.45. The van der Waals surface area contributed by atoms with Gasteiger partial charge in [-0.3, -0.25) is 4.90 Å². The van der Waals surface area contributed by atoms with Gasteiger partial charge < -0.3 is 20.1 Å². The number of ether oxygens (including phenoxy) is 2. The summed E-state index contributed by atoms with van der Waals surface area (Å²) in [5.74, 6) is 2.04. The highest BCUT2D eigenvalue weighted by molar-refractivity contribution is 6.32. The highest BCUT2D eigenvalue weighted by Gasteiger charge is 2.13. The second-order valence-electron chi connectivity index (χ2n) is 8.04. The summed E-state index contributed by atoms with van der Waals surface area (Å²) >= 11 is 6.20. The van der Waals surface area contributed by atoms with E-state index < -0.39 is 0 Å². The van der Waals surface area contributed by atoms with Crippen LogP contribution in [0.1, 0.15) is 24.0 Å². The van der Waals surface area contributed by atoms with E-state index in [4.69, 9.17) is 21.1 Å². The Bertz CT molecular complexity index is 1190. The maximum absolute atomic E-state index is 9.53. The van der Waals surface area contributed by atoms with E-state index in [2.05, 4.69) is 31.6 Å². The number of aryl methyl sites for hydroxylation is 1. The molecule has 0 atom stereocenters. The fourth-order valence-corrected chi connectivity index (χ4v) is 4.08. The van der Waals surface area contributed by atoms with Gasteiger partial charge in [0.2, 0.25) is 5.95 Å². The van der Waals surface area contributed by atoms with Gasteiger partial charge in [0.15, 0.2) is 5.82 Å². The summed E-state index contributed by atoms with van der Waals surface area (Å²) in [4.78, 5) is 11.2. The molecule has 0 radical (unpaired) electrons. The van der Waals surface area contributed by atoms with Gasteiger partial charge in [0.25, 0.3) is 0 Å². The van der Waals surface area contributed by atoms with Crippen molar-refractivity contribution in [3.63, 3.8) is 0 Å². The predicted octanol–water partition coefficient (Wildman–Crippen LogP) is 5.28. The smallest absolute Gasteiger partial charge is 0.229 e. The summed E-state index contributed by atoms with van der Waals surface area (Å²) in [5.41, 5.74) is 2.73. The van der Waals surface area contributed by atoms with E-state index in [1.807, 2.05) is 31.2 Å². The Labute approximate surface area is 204 Å². The van der Waals surface area contributed by atoms with Gasteiger partial charge in [0.1, 0.15) is 29.7 Å². The third kappa shape index (κ3) is 5.87. The first-order chi connectivity index (χ1) is 16.6. The normalized spacial score (nSPS) is 13.4. The molecule has 176 valence electrons. The topological polar surface area (TPSA) is 95.3 Å². The molecule has 1 saturated heterocycles. The van der Waals surface area contributed by atoms with Gasteiger partial charge in [-0.2, -0.15) is 10.2 Å². The molecule has 0 unspecified atom stereocenters. The van der Waals surface area contributed by atoms with Crippen LogP contribution in [0.3, 0.4) is 0 Å². The molecule has 1 aromatic heterocycles. The number of nitriles is 1. The molecule has 0 saturated carbocycles. The maximum Gasteiger partial charge on any atom is 0.229 e. The van der Waals surface area contributed by atoms with Crippen LogP contribution >= 0.6 is 11.6 Å². The molecule has 0 spiro atoms. The van der Waals surface area contributed by atoms with E-state index in [1.54, 1.807) is 19.2 Å². The lowest BCUT2D eigenvalue weighted by Gasteiger charge is -2.15. The molecule has 4 rings (SSSR count). The number of nitrogens with zero attached hydrogens (tertiary/aromatic N) is 4. The maximum atomic E-state index is 9.53. The minimum absolute atomic E-state index is 0.317. The zero-order valence-corrected chi connectivity index (χ0v) is 20.0. The zero-order chi connectivity index (χ0) is 23.9. The molecule has 9 heteroatoms. The van der Waals surface area contributed by atoms with E-state index in [0.717, 1.165) is 42.3 Å². The number of hydrogen-bond acceptors (Lipinski definition) is 8. The molecule has 34 heavy (non-hydrogen) atoms. The summed E-state index contributed by atoms with van der Waals surface area (Å²) in [6.45, 7) is 5.80. The summed E-state index contributed by atoms with van der Waals surface area (Å²) < 4.78 is 11.2. The molecule has 0 bridgehead atoms. The lowest BCUT2D eigenvalue weighted by Crippen LogP contribution is -2.25. The van der Waals surface area contributed by atoms with Crippen molar-refractivity contribution in [2.75, 3.05) is 44.0 Å². The summed E-state index contributed by atoms with van der Waals surface area (Å²) in [6, 6.07) is 13.4. The first-order valence-electron chi connectivity index (χ1n) is 11.2. The number of rotatable bonds is 9. The molecule has 0 amide bonds. The molecule has 1 aliphatic rings. The Morgan fingerprint density at radius 2 is 2.00 bits per heavy atom. The number of anilines is 4. The largest absolute Gasteiger partial charge is 0.495 e. The lowest BCUT2D eigenvalue weighted by atomic mass is 10.2. The Kier molecular flexibility index (Phi) is 7.68. The standard InChI is InChI=1S/C25H27ClN6O2/c1-17-12-21(26)23(33-2)14-22(17)30-24-18(15-27)16-28-25(31-24)29-19-6-5-7-20(13-19)34-11-10-32-8-3-4-9-32/h5-7,12-14,16H,3-4,8-11H2,1-2H3,(H2,28,29,30,31). The van der Waals surface area contributed by atoms with Crippen molar-refractivity contribution >= 4 is 34.7 Å². The molecule has 8 nitrogen and oxygen atoms in total. The Morgan fingerprint density at radius 3 is 2.76 bits per heavy atom. The van der Waals surface area contributed by atoms with Gasteiger partial charge >= 0.3 is 0 Å². The quantitative estimate of drug-likeness (QED) is 0.429. The fourth-order valence-electron chi connectivity index (χ4n) is 3.78. The highest BCUT2D eigenvalue weighted by Crippen LogP contribution is 2.33. The number of halogens is 1. The van der Waals surface area contributed by atoms with Crippen molar-refractivity contribution in [1.82, 2.24) is 14.9 Å². The molecule has 1 fully saturated rings. The summed E-state index contributed by atoms with van der Waals surface area (Å²) in [6.07, 6.45) is 4.02. The van der Waals surface area contributed by atoms with Crippen molar-refractivity contribution in [2.24, 2.45) is 0 Å². The summed E-state index contributed by atoms with van der Waals surface area (Å²) in [5, 5.41) is 16.4. The highest BCUT2D eigenvalue weighted by atomic mass is 35.5. The molecule has 0 aliphatic carbocycles. The minimum atomic E-state index is 0.317. The van der Waals surface area contributed by atoms with Crippen LogP contribution in [0.2, 0.25) is 5.02 Å². The SMILES string of the molecule is COc1cc(Nc2nc(Nc3cccc(OCCN4CCCC4)c3)ncc2C#N)c(C)cc1Cl. The molecule has 1 aliphatic heterocycles. The van der Waals surface area contributed by atoms with Crippen molar-refractivity contribution in [3.8, 4) is 17.6 Å². The van der Waals surface area contributed by atoms with E-state index in [0.29, 0.717) is 34.7 Å². The van der Waals surface area contributed by atoms with E-state index in [-0.39, 0.29) is 0 Å². The zero-order valence-electron chi connectivity index (χ0n) is 19.3. The monoisotopic (exact) mass is 478 g/mol. The van der Waals surface area contributed by atoms with E-state index in [1.165, 1.54) is 19.0 Å². The van der Waals surface area contributed by atoms with Gasteiger partial charge in [0.05, 0.1) is 18.3 Å². The average Bonchev–Trinajstić information content (AvgIpc) is 3.35. The Morgan fingerprint density at radius 1 is 1.18 bits per heavy atom. The fraction of sp³-hybridized carbons (Fsp3) is 0.320. The van der Waals surface area contributed by atoms with Gasteiger partial charge in [-0.1, -0.05) is 17.7 Å². The lowest BCUT2D eigenvalue weighted by molar-refractivity contribution is 0.238. The number of hydrogen-bond donors (Lipinski definition) is 2. The number of aromatic nitrogens is 2. The number of benzene rings is 2. The third-order valence-corrected chi connectivity index (χ3v) is 5.92. The average molecular weight is 479 g/mol. The van der Waals surface area contributed by atoms with Crippen molar-refractivity contribution in [3.05, 3.63) is 58.7 Å². The molecule has 2 N–H and O–H groups in total. The third-order valence-electron chi connectivity index (χ3n) is 5.63. The second kappa shape index (κ2) is 11.1. The van der Waals surface area contributed by atoms with Crippen LogP contribution in [0.15, 0.2) is 42.6 Å². The van der Waals surface area contributed by atoms with Crippen molar-refractivity contribution in [1.29, 1.82) is 5.26 Å². The van der Waals surface area contributed by atoms with Gasteiger partial charge in [-0.25, -0.2) is 4.98 Å². The van der Waals surface area contributed by atoms with Gasteiger partial charge in [-0.15, -0.1) is 0 Å². The first kappa shape index (κ1) is 23.6. The summed E-state index contributed by atoms with van der Waals surface area (Å²) in [7, 11) is 1.55. The van der Waals surface area contributed by atoms with Crippen LogP contribution < -0.4 is 20.1 Å². The molecule has 2 aromatic carbocycles. The van der Waals surface area contributed by atoms with Crippen LogP contribution in [0, 0.1) is 18.3 Å². The molecular formula is C25H27ClN6O2. The van der Waals surface area contributed by atoms with Crippen LogP contribution in [-0.4, -0.2) is 48.2 Å². The molecule has 3 aromatic rings. The number of likely N-dealkylation sites (tertiary alicyclic amines) is 1. The molecular weight excluding hydrogens is 452 g/mol. The van der Waals surface area contributed by atoms with Crippen LogP contribution in [0.25, 0.3) is 0 Å².